The minimum absolute atomic E-state index is 0.0514. The molecule has 0 radical (unpaired) electrons. The lowest BCUT2D eigenvalue weighted by atomic mass is 10.0. The number of carbonyl (C=O) groups is 1. The van der Waals surface area contributed by atoms with Crippen molar-refractivity contribution in [3.63, 3.8) is 0 Å². The van der Waals surface area contributed by atoms with Gasteiger partial charge in [0.1, 0.15) is 6.42 Å². The van der Waals surface area contributed by atoms with Gasteiger partial charge in [-0.15, -0.1) is 0 Å². The van der Waals surface area contributed by atoms with Crippen molar-refractivity contribution in [1.29, 1.82) is 5.26 Å². The summed E-state index contributed by atoms with van der Waals surface area (Å²) in [5.41, 5.74) is 4.20. The maximum Gasteiger partial charge on any atom is 0.234 e. The van der Waals surface area contributed by atoms with Gasteiger partial charge in [-0.05, 0) is 42.4 Å². The summed E-state index contributed by atoms with van der Waals surface area (Å²) in [4.78, 5) is 11.1. The second-order valence-corrected chi connectivity index (χ2v) is 4.39. The van der Waals surface area contributed by atoms with E-state index < -0.39 is 0 Å². The first kappa shape index (κ1) is 11.7. The Kier molecular flexibility index (Phi) is 3.77. The minimum Gasteiger partial charge on any atom is -0.355 e. The molecular formula is C14H16N2O. The molecule has 1 N–H and O–H groups in total. The first-order chi connectivity index (χ1) is 8.29. The van der Waals surface area contributed by atoms with E-state index in [9.17, 15) is 4.79 Å². The lowest BCUT2D eigenvalue weighted by Crippen LogP contribution is -2.24. The van der Waals surface area contributed by atoms with Gasteiger partial charge in [-0.2, -0.15) is 5.26 Å². The molecular weight excluding hydrogens is 212 g/mol. The monoisotopic (exact) mass is 228 g/mol. The van der Waals surface area contributed by atoms with Crippen LogP contribution in [0.25, 0.3) is 0 Å². The SMILES string of the molecule is N#CCC(=O)NCCc1ccc2c(c1)CCC2. The van der Waals surface area contributed by atoms with E-state index in [1.165, 1.54) is 36.0 Å². The van der Waals surface area contributed by atoms with Gasteiger partial charge in [0, 0.05) is 6.54 Å². The Morgan fingerprint density at radius 3 is 3.00 bits per heavy atom. The van der Waals surface area contributed by atoms with Gasteiger partial charge < -0.3 is 5.32 Å². The Morgan fingerprint density at radius 2 is 2.18 bits per heavy atom. The second-order valence-electron chi connectivity index (χ2n) is 4.39. The standard InChI is InChI=1S/C14H16N2O/c15-8-6-14(17)16-9-7-11-4-5-12-2-1-3-13(12)10-11/h4-5,10H,1-3,6-7,9H2,(H,16,17). The van der Waals surface area contributed by atoms with Crippen LogP contribution in [-0.2, 0) is 24.1 Å². The first-order valence-corrected chi connectivity index (χ1v) is 6.04. The highest BCUT2D eigenvalue weighted by Crippen LogP contribution is 2.22. The molecule has 0 fully saturated rings. The fourth-order valence-corrected chi connectivity index (χ4v) is 2.26. The summed E-state index contributed by atoms with van der Waals surface area (Å²) in [6, 6.07) is 8.43. The Bertz CT molecular complexity index is 460. The third kappa shape index (κ3) is 3.07. The molecule has 3 heteroatoms. The van der Waals surface area contributed by atoms with E-state index in [1.54, 1.807) is 0 Å². The Morgan fingerprint density at radius 1 is 1.35 bits per heavy atom. The molecule has 1 aromatic rings. The summed E-state index contributed by atoms with van der Waals surface area (Å²) >= 11 is 0. The molecule has 0 spiro atoms. The lowest BCUT2D eigenvalue weighted by molar-refractivity contribution is -0.120. The normalized spacial score (nSPS) is 12.9. The smallest absolute Gasteiger partial charge is 0.234 e. The van der Waals surface area contributed by atoms with E-state index in [0.29, 0.717) is 6.54 Å². The number of hydrogen-bond acceptors (Lipinski definition) is 2. The van der Waals surface area contributed by atoms with E-state index in [4.69, 9.17) is 5.26 Å². The summed E-state index contributed by atoms with van der Waals surface area (Å²) in [5, 5.41) is 11.1. The molecule has 0 saturated carbocycles. The van der Waals surface area contributed by atoms with E-state index in [2.05, 4.69) is 23.5 Å². The van der Waals surface area contributed by atoms with Crippen molar-refractivity contribution in [3.05, 3.63) is 34.9 Å². The van der Waals surface area contributed by atoms with Gasteiger partial charge in [0.05, 0.1) is 6.07 Å². The lowest BCUT2D eigenvalue weighted by Gasteiger charge is -2.05. The molecule has 1 aromatic carbocycles. The van der Waals surface area contributed by atoms with Crippen LogP contribution >= 0.6 is 0 Å². The molecule has 17 heavy (non-hydrogen) atoms. The Labute approximate surface area is 101 Å². The van der Waals surface area contributed by atoms with E-state index in [0.717, 1.165) is 6.42 Å². The quantitative estimate of drug-likeness (QED) is 0.853. The van der Waals surface area contributed by atoms with Gasteiger partial charge >= 0.3 is 0 Å². The highest BCUT2D eigenvalue weighted by atomic mass is 16.1. The summed E-state index contributed by atoms with van der Waals surface area (Å²) < 4.78 is 0. The van der Waals surface area contributed by atoms with Crippen LogP contribution in [0, 0.1) is 11.3 Å². The van der Waals surface area contributed by atoms with Crippen molar-refractivity contribution in [3.8, 4) is 6.07 Å². The van der Waals surface area contributed by atoms with Gasteiger partial charge in [0.2, 0.25) is 5.91 Å². The zero-order valence-corrected chi connectivity index (χ0v) is 9.83. The van der Waals surface area contributed by atoms with Crippen molar-refractivity contribution in [1.82, 2.24) is 5.32 Å². The van der Waals surface area contributed by atoms with Crippen LogP contribution in [0.1, 0.15) is 29.5 Å². The van der Waals surface area contributed by atoms with E-state index in [1.807, 2.05) is 6.07 Å². The molecule has 1 aliphatic rings. The number of carbonyl (C=O) groups excluding carboxylic acids is 1. The largest absolute Gasteiger partial charge is 0.355 e. The van der Waals surface area contributed by atoms with Crippen molar-refractivity contribution in [2.24, 2.45) is 0 Å². The molecule has 1 aliphatic carbocycles. The average Bonchev–Trinajstić information content (AvgIpc) is 2.76. The number of rotatable bonds is 4. The predicted molar refractivity (Wildman–Crippen MR) is 65.4 cm³/mol. The molecule has 0 atom stereocenters. The van der Waals surface area contributed by atoms with Gasteiger partial charge in [-0.3, -0.25) is 4.79 Å². The van der Waals surface area contributed by atoms with E-state index >= 15 is 0 Å². The van der Waals surface area contributed by atoms with Crippen molar-refractivity contribution < 1.29 is 4.79 Å². The molecule has 0 saturated heterocycles. The van der Waals surface area contributed by atoms with Crippen LogP contribution in [0.2, 0.25) is 0 Å². The number of fused-ring (bicyclic) bond motifs is 1. The van der Waals surface area contributed by atoms with Crippen molar-refractivity contribution in [2.45, 2.75) is 32.1 Å². The van der Waals surface area contributed by atoms with Gasteiger partial charge in [0.15, 0.2) is 0 Å². The highest BCUT2D eigenvalue weighted by Gasteiger charge is 2.10. The van der Waals surface area contributed by atoms with Crippen LogP contribution in [0.4, 0.5) is 0 Å². The minimum atomic E-state index is -0.186. The van der Waals surface area contributed by atoms with Crippen LogP contribution < -0.4 is 5.32 Å². The Hall–Kier alpha value is -1.82. The van der Waals surface area contributed by atoms with Crippen LogP contribution in [-0.4, -0.2) is 12.5 Å². The molecule has 0 unspecified atom stereocenters. The fourth-order valence-electron chi connectivity index (χ4n) is 2.26. The number of nitriles is 1. The number of nitrogens with one attached hydrogen (secondary N) is 1. The van der Waals surface area contributed by atoms with Crippen LogP contribution in [0.15, 0.2) is 18.2 Å². The number of aryl methyl sites for hydroxylation is 2. The molecule has 0 aromatic heterocycles. The van der Waals surface area contributed by atoms with E-state index in [-0.39, 0.29) is 12.3 Å². The predicted octanol–water partition coefficient (Wildman–Crippen LogP) is 1.75. The topological polar surface area (TPSA) is 52.9 Å². The molecule has 3 nitrogen and oxygen atoms in total. The summed E-state index contributed by atoms with van der Waals surface area (Å²) in [6.45, 7) is 0.610. The third-order valence-electron chi connectivity index (χ3n) is 3.14. The van der Waals surface area contributed by atoms with Gasteiger partial charge in [-0.25, -0.2) is 0 Å². The highest BCUT2D eigenvalue weighted by molar-refractivity contribution is 5.77. The number of hydrogen-bond donors (Lipinski definition) is 1. The van der Waals surface area contributed by atoms with Crippen molar-refractivity contribution >= 4 is 5.91 Å². The van der Waals surface area contributed by atoms with Gasteiger partial charge in [0.25, 0.3) is 0 Å². The maximum absolute atomic E-state index is 11.1. The second kappa shape index (κ2) is 5.49. The summed E-state index contributed by atoms with van der Waals surface area (Å²) in [6.07, 6.45) is 4.44. The number of nitrogens with zero attached hydrogens (tertiary/aromatic N) is 1. The molecule has 0 heterocycles. The number of amides is 1. The molecule has 1 amide bonds. The molecule has 2 rings (SSSR count). The third-order valence-corrected chi connectivity index (χ3v) is 3.14. The zero-order chi connectivity index (χ0) is 12.1. The fraction of sp³-hybridized carbons (Fsp3) is 0.429. The van der Waals surface area contributed by atoms with Crippen LogP contribution in [0.3, 0.4) is 0 Å². The summed E-state index contributed by atoms with van der Waals surface area (Å²) in [5.74, 6) is -0.186. The summed E-state index contributed by atoms with van der Waals surface area (Å²) in [7, 11) is 0. The Balaban J connectivity index is 1.84. The van der Waals surface area contributed by atoms with Crippen LogP contribution in [0.5, 0.6) is 0 Å². The first-order valence-electron chi connectivity index (χ1n) is 6.04. The maximum atomic E-state index is 11.1. The van der Waals surface area contributed by atoms with Gasteiger partial charge in [-0.1, -0.05) is 18.2 Å². The molecule has 88 valence electrons. The van der Waals surface area contributed by atoms with Crippen molar-refractivity contribution in [2.75, 3.05) is 6.54 Å². The molecule has 0 aliphatic heterocycles. The zero-order valence-electron chi connectivity index (χ0n) is 9.83. The number of benzene rings is 1. The molecule has 0 bridgehead atoms. The average molecular weight is 228 g/mol.